The van der Waals surface area contributed by atoms with Crippen LogP contribution in [-0.4, -0.2) is 31.1 Å². The van der Waals surface area contributed by atoms with Crippen molar-refractivity contribution in [2.24, 2.45) is 0 Å². The first-order valence-electron chi connectivity index (χ1n) is 7.45. The fraction of sp³-hybridized carbons (Fsp3) is 0.333. The lowest BCUT2D eigenvalue weighted by Crippen LogP contribution is -2.44. The second-order valence-corrected chi connectivity index (χ2v) is 5.45. The van der Waals surface area contributed by atoms with E-state index in [1.54, 1.807) is 0 Å². The summed E-state index contributed by atoms with van der Waals surface area (Å²) in [6.07, 6.45) is 0. The first-order valence-corrected chi connectivity index (χ1v) is 7.45. The Hall–Kier alpha value is -1.06. The Morgan fingerprint density at radius 1 is 0.818 bits per heavy atom. The van der Waals surface area contributed by atoms with E-state index in [0.717, 1.165) is 26.2 Å². The molecule has 0 radical (unpaired) electrons. The predicted octanol–water partition coefficient (Wildman–Crippen LogP) is 4.16. The van der Waals surface area contributed by atoms with Crippen molar-refractivity contribution in [1.82, 2.24) is 10.2 Å². The molecule has 0 saturated carbocycles. The van der Waals surface area contributed by atoms with E-state index in [1.807, 2.05) is 0 Å². The van der Waals surface area contributed by atoms with Gasteiger partial charge in [0.25, 0.3) is 0 Å². The molecule has 1 saturated heterocycles. The van der Waals surface area contributed by atoms with Gasteiger partial charge >= 0.3 is 0 Å². The van der Waals surface area contributed by atoms with E-state index in [4.69, 9.17) is 0 Å². The van der Waals surface area contributed by atoms with E-state index in [-0.39, 0.29) is 24.8 Å². The molecule has 1 heterocycles. The maximum absolute atomic E-state index is 3.41. The number of rotatable bonds is 3. The number of hydrogen-bond donors (Lipinski definition) is 1. The zero-order valence-electron chi connectivity index (χ0n) is 12.9. The minimum absolute atomic E-state index is 0. The van der Waals surface area contributed by atoms with Crippen LogP contribution in [-0.2, 0) is 0 Å². The minimum Gasteiger partial charge on any atom is -0.314 e. The summed E-state index contributed by atoms with van der Waals surface area (Å²) in [5.41, 5.74) is 3.99. The van der Waals surface area contributed by atoms with Crippen LogP contribution in [0.4, 0.5) is 0 Å². The van der Waals surface area contributed by atoms with Gasteiger partial charge in [-0.3, -0.25) is 4.90 Å². The van der Waals surface area contributed by atoms with Crippen molar-refractivity contribution >= 4 is 24.8 Å². The molecule has 1 aliphatic heterocycles. The molecule has 0 spiro atoms. The molecular weight excluding hydrogens is 315 g/mol. The number of halogens is 2. The van der Waals surface area contributed by atoms with Crippen LogP contribution in [0.15, 0.2) is 54.6 Å². The lowest BCUT2D eigenvalue weighted by atomic mass is 10.0. The standard InChI is InChI=1S/C18H22N2.2ClH/c1-15(20-13-11-19-12-14-20)16-7-9-18(10-8-16)17-5-3-2-4-6-17;;/h2-10,15,19H,11-14H2,1H3;2*1H/t15-;;/m1../s1. The lowest BCUT2D eigenvalue weighted by Gasteiger charge is -2.33. The smallest absolute Gasteiger partial charge is 0.0320 e. The highest BCUT2D eigenvalue weighted by Crippen LogP contribution is 2.24. The molecule has 1 aliphatic rings. The van der Waals surface area contributed by atoms with Gasteiger partial charge in [0, 0.05) is 32.2 Å². The van der Waals surface area contributed by atoms with Crippen LogP contribution >= 0.6 is 24.8 Å². The third-order valence-electron chi connectivity index (χ3n) is 4.20. The van der Waals surface area contributed by atoms with E-state index in [1.165, 1.54) is 16.7 Å². The fourth-order valence-corrected chi connectivity index (χ4v) is 2.86. The Kier molecular flexibility index (Phi) is 7.91. The SMILES string of the molecule is C[C@H](c1ccc(-c2ccccc2)cc1)N1CCNCC1.Cl.Cl. The summed E-state index contributed by atoms with van der Waals surface area (Å²) in [5, 5.41) is 3.41. The zero-order chi connectivity index (χ0) is 13.8. The number of nitrogens with zero attached hydrogens (tertiary/aromatic N) is 1. The van der Waals surface area contributed by atoms with Crippen molar-refractivity contribution < 1.29 is 0 Å². The average molecular weight is 339 g/mol. The predicted molar refractivity (Wildman–Crippen MR) is 99.2 cm³/mol. The van der Waals surface area contributed by atoms with Gasteiger partial charge in [-0.1, -0.05) is 54.6 Å². The first kappa shape index (κ1) is 19.0. The number of piperazine rings is 1. The van der Waals surface area contributed by atoms with Crippen LogP contribution in [0.2, 0.25) is 0 Å². The second-order valence-electron chi connectivity index (χ2n) is 5.45. The molecular formula is C18H24Cl2N2. The summed E-state index contributed by atoms with van der Waals surface area (Å²) in [5.74, 6) is 0. The number of benzene rings is 2. The van der Waals surface area contributed by atoms with E-state index < -0.39 is 0 Å². The summed E-state index contributed by atoms with van der Waals surface area (Å²) in [6.45, 7) is 6.80. The van der Waals surface area contributed by atoms with Gasteiger partial charge in [0.1, 0.15) is 0 Å². The molecule has 120 valence electrons. The highest BCUT2D eigenvalue weighted by Gasteiger charge is 2.17. The largest absolute Gasteiger partial charge is 0.314 e. The summed E-state index contributed by atoms with van der Waals surface area (Å²) >= 11 is 0. The molecule has 0 aromatic heterocycles. The molecule has 4 heteroatoms. The first-order chi connectivity index (χ1) is 9.84. The molecule has 1 N–H and O–H groups in total. The highest BCUT2D eigenvalue weighted by molar-refractivity contribution is 5.85. The van der Waals surface area contributed by atoms with Crippen LogP contribution in [0, 0.1) is 0 Å². The van der Waals surface area contributed by atoms with Crippen LogP contribution in [0.3, 0.4) is 0 Å². The molecule has 1 atom stereocenters. The minimum atomic E-state index is 0. The van der Waals surface area contributed by atoms with Crippen molar-refractivity contribution in [2.75, 3.05) is 26.2 Å². The molecule has 3 rings (SSSR count). The molecule has 2 nitrogen and oxygen atoms in total. The maximum Gasteiger partial charge on any atom is 0.0320 e. The van der Waals surface area contributed by atoms with E-state index >= 15 is 0 Å². The lowest BCUT2D eigenvalue weighted by molar-refractivity contribution is 0.185. The van der Waals surface area contributed by atoms with Gasteiger partial charge in [-0.15, -0.1) is 24.8 Å². The Morgan fingerprint density at radius 2 is 1.36 bits per heavy atom. The molecule has 0 unspecified atom stereocenters. The third-order valence-corrected chi connectivity index (χ3v) is 4.20. The normalized spacial score (nSPS) is 16.2. The topological polar surface area (TPSA) is 15.3 Å². The Labute approximate surface area is 145 Å². The summed E-state index contributed by atoms with van der Waals surface area (Å²) in [7, 11) is 0. The van der Waals surface area contributed by atoms with Crippen LogP contribution < -0.4 is 5.32 Å². The molecule has 0 aliphatic carbocycles. The Morgan fingerprint density at radius 3 is 1.95 bits per heavy atom. The van der Waals surface area contributed by atoms with Gasteiger partial charge in [-0.05, 0) is 23.6 Å². The number of hydrogen-bond acceptors (Lipinski definition) is 2. The van der Waals surface area contributed by atoms with Gasteiger partial charge in [-0.2, -0.15) is 0 Å². The average Bonchev–Trinajstić information content (AvgIpc) is 2.56. The molecule has 0 amide bonds. The molecule has 22 heavy (non-hydrogen) atoms. The van der Waals surface area contributed by atoms with Crippen molar-refractivity contribution in [3.63, 3.8) is 0 Å². The Balaban J connectivity index is 0.00000121. The summed E-state index contributed by atoms with van der Waals surface area (Å²) < 4.78 is 0. The van der Waals surface area contributed by atoms with E-state index in [2.05, 4.69) is 71.7 Å². The second kappa shape index (κ2) is 9.16. The molecule has 2 aromatic carbocycles. The van der Waals surface area contributed by atoms with Crippen molar-refractivity contribution in [2.45, 2.75) is 13.0 Å². The highest BCUT2D eigenvalue weighted by atomic mass is 35.5. The van der Waals surface area contributed by atoms with Crippen molar-refractivity contribution in [1.29, 1.82) is 0 Å². The van der Waals surface area contributed by atoms with Gasteiger partial charge in [0.05, 0.1) is 0 Å². The van der Waals surface area contributed by atoms with Crippen LogP contribution in [0.1, 0.15) is 18.5 Å². The summed E-state index contributed by atoms with van der Waals surface area (Å²) in [4.78, 5) is 2.55. The van der Waals surface area contributed by atoms with Crippen molar-refractivity contribution in [3.05, 3.63) is 60.2 Å². The number of nitrogens with one attached hydrogen (secondary N) is 1. The van der Waals surface area contributed by atoms with Crippen LogP contribution in [0.25, 0.3) is 11.1 Å². The molecule has 2 aromatic rings. The van der Waals surface area contributed by atoms with E-state index in [0.29, 0.717) is 6.04 Å². The van der Waals surface area contributed by atoms with Gasteiger partial charge < -0.3 is 5.32 Å². The van der Waals surface area contributed by atoms with Gasteiger partial charge in [0.15, 0.2) is 0 Å². The maximum atomic E-state index is 3.41. The quantitative estimate of drug-likeness (QED) is 0.903. The zero-order valence-corrected chi connectivity index (χ0v) is 14.5. The third kappa shape index (κ3) is 4.47. The summed E-state index contributed by atoms with van der Waals surface area (Å²) in [6, 6.07) is 20.1. The van der Waals surface area contributed by atoms with Gasteiger partial charge in [-0.25, -0.2) is 0 Å². The Bertz CT molecular complexity index is 537. The van der Waals surface area contributed by atoms with Crippen molar-refractivity contribution in [3.8, 4) is 11.1 Å². The molecule has 0 bridgehead atoms. The molecule has 1 fully saturated rings. The van der Waals surface area contributed by atoms with Gasteiger partial charge in [0.2, 0.25) is 0 Å². The van der Waals surface area contributed by atoms with E-state index in [9.17, 15) is 0 Å². The monoisotopic (exact) mass is 338 g/mol. The fourth-order valence-electron chi connectivity index (χ4n) is 2.86. The van der Waals surface area contributed by atoms with Crippen LogP contribution in [0.5, 0.6) is 0 Å².